The summed E-state index contributed by atoms with van der Waals surface area (Å²) in [4.78, 5) is 24.8. The van der Waals surface area contributed by atoms with Gasteiger partial charge in [0.05, 0.1) is 12.5 Å². The van der Waals surface area contributed by atoms with Gasteiger partial charge in [-0.1, -0.05) is 13.8 Å². The molecule has 2 unspecified atom stereocenters. The number of aryl methyl sites for hydroxylation is 2. The molecule has 4 heteroatoms. The third-order valence-corrected chi connectivity index (χ3v) is 5.96. The second-order valence-corrected chi connectivity index (χ2v) is 7.46. The molecule has 23 heavy (non-hydrogen) atoms. The molecule has 1 N–H and O–H groups in total. The number of Topliss-reactive ketones (excluding diaryl/α,β-unsaturated/α-hetero) is 1. The molecular formula is C19H26O4. The smallest absolute Gasteiger partial charge is 0.309 e. The van der Waals surface area contributed by atoms with Gasteiger partial charge in [0.1, 0.15) is 5.75 Å². The van der Waals surface area contributed by atoms with Crippen molar-refractivity contribution in [2.45, 2.75) is 47.5 Å². The minimum absolute atomic E-state index is 0.0360. The van der Waals surface area contributed by atoms with Crippen LogP contribution in [-0.2, 0) is 4.79 Å². The molecule has 0 heterocycles. The van der Waals surface area contributed by atoms with Crippen molar-refractivity contribution in [3.8, 4) is 5.75 Å². The number of aliphatic carboxylic acids is 1. The molecule has 1 aliphatic rings. The van der Waals surface area contributed by atoms with Crippen molar-refractivity contribution in [3.63, 3.8) is 0 Å². The lowest BCUT2D eigenvalue weighted by molar-refractivity contribution is -0.153. The molecule has 2 atom stereocenters. The number of ether oxygens (including phenoxy) is 1. The fraction of sp³-hybridized carbons (Fsp3) is 0.579. The predicted octanol–water partition coefficient (Wildman–Crippen LogP) is 4.02. The number of methoxy groups -OCH3 is 1. The standard InChI is InChI=1S/C19H26O4/c1-11-9-13(10-12(2)16(11)23-6)15(20)14-7-8-19(5,17(21)22)18(14,3)4/h9-10,14H,7-8H2,1-6H3,(H,21,22). The molecule has 0 saturated heterocycles. The maximum Gasteiger partial charge on any atom is 0.309 e. The van der Waals surface area contributed by atoms with Gasteiger partial charge in [-0.2, -0.15) is 0 Å². The van der Waals surface area contributed by atoms with Crippen molar-refractivity contribution < 1.29 is 19.4 Å². The normalized spacial score (nSPS) is 26.1. The zero-order chi connectivity index (χ0) is 17.6. The number of benzene rings is 1. The van der Waals surface area contributed by atoms with E-state index in [4.69, 9.17) is 4.74 Å². The summed E-state index contributed by atoms with van der Waals surface area (Å²) < 4.78 is 5.35. The summed E-state index contributed by atoms with van der Waals surface area (Å²) >= 11 is 0. The number of hydrogen-bond donors (Lipinski definition) is 1. The zero-order valence-electron chi connectivity index (χ0n) is 14.8. The van der Waals surface area contributed by atoms with Gasteiger partial charge in [0.15, 0.2) is 5.78 Å². The Morgan fingerprint density at radius 2 is 1.70 bits per heavy atom. The van der Waals surface area contributed by atoms with Crippen LogP contribution in [0, 0.1) is 30.6 Å². The van der Waals surface area contributed by atoms with Crippen LogP contribution in [0.2, 0.25) is 0 Å². The number of ketones is 1. The quantitative estimate of drug-likeness (QED) is 0.852. The Balaban J connectivity index is 2.41. The lowest BCUT2D eigenvalue weighted by Gasteiger charge is -2.38. The van der Waals surface area contributed by atoms with Crippen molar-refractivity contribution in [1.29, 1.82) is 0 Å². The first-order chi connectivity index (χ1) is 10.6. The highest BCUT2D eigenvalue weighted by molar-refractivity contribution is 6.00. The first-order valence-corrected chi connectivity index (χ1v) is 7.99. The minimum Gasteiger partial charge on any atom is -0.496 e. The lowest BCUT2D eigenvalue weighted by Crippen LogP contribution is -2.42. The Kier molecular flexibility index (Phi) is 4.31. The number of carboxylic acid groups (broad SMARTS) is 1. The Morgan fingerprint density at radius 3 is 2.09 bits per heavy atom. The monoisotopic (exact) mass is 318 g/mol. The first-order valence-electron chi connectivity index (χ1n) is 7.99. The average Bonchev–Trinajstić information content (AvgIpc) is 2.69. The SMILES string of the molecule is COc1c(C)cc(C(=O)C2CCC(C)(C(=O)O)C2(C)C)cc1C. The van der Waals surface area contributed by atoms with Gasteiger partial charge in [-0.25, -0.2) is 0 Å². The number of hydrogen-bond acceptors (Lipinski definition) is 3. The highest BCUT2D eigenvalue weighted by Crippen LogP contribution is 2.56. The maximum atomic E-state index is 13.0. The molecule has 1 fully saturated rings. The number of carbonyl (C=O) groups excluding carboxylic acids is 1. The van der Waals surface area contributed by atoms with Crippen molar-refractivity contribution in [1.82, 2.24) is 0 Å². The first kappa shape index (κ1) is 17.5. The summed E-state index contributed by atoms with van der Waals surface area (Å²) in [6.45, 7) is 9.40. The molecule has 1 aromatic rings. The predicted molar refractivity (Wildman–Crippen MR) is 89.0 cm³/mol. The van der Waals surface area contributed by atoms with E-state index in [-0.39, 0.29) is 11.7 Å². The van der Waals surface area contributed by atoms with Gasteiger partial charge in [0.25, 0.3) is 0 Å². The molecule has 2 rings (SSSR count). The van der Waals surface area contributed by atoms with E-state index in [2.05, 4.69) is 0 Å². The third kappa shape index (κ3) is 2.54. The molecule has 0 spiro atoms. The van der Waals surface area contributed by atoms with Gasteiger partial charge in [0.2, 0.25) is 0 Å². The highest BCUT2D eigenvalue weighted by atomic mass is 16.5. The van der Waals surface area contributed by atoms with Crippen LogP contribution in [0.25, 0.3) is 0 Å². The molecule has 0 amide bonds. The van der Waals surface area contributed by atoms with Crippen molar-refractivity contribution in [3.05, 3.63) is 28.8 Å². The van der Waals surface area contributed by atoms with Crippen molar-refractivity contribution >= 4 is 11.8 Å². The maximum absolute atomic E-state index is 13.0. The lowest BCUT2D eigenvalue weighted by atomic mass is 9.64. The Bertz CT molecular complexity index is 636. The van der Waals surface area contributed by atoms with Crippen LogP contribution in [0.1, 0.15) is 55.1 Å². The second kappa shape index (κ2) is 5.66. The summed E-state index contributed by atoms with van der Waals surface area (Å²) in [5.41, 5.74) is 1.04. The van der Waals surface area contributed by atoms with E-state index in [9.17, 15) is 14.7 Å². The molecule has 126 valence electrons. The van der Waals surface area contributed by atoms with Gasteiger partial charge in [-0.3, -0.25) is 9.59 Å². The molecule has 0 radical (unpaired) electrons. The zero-order valence-corrected chi connectivity index (χ0v) is 14.8. The molecule has 4 nitrogen and oxygen atoms in total. The van der Waals surface area contributed by atoms with Crippen molar-refractivity contribution in [2.24, 2.45) is 16.7 Å². The van der Waals surface area contributed by atoms with E-state index in [0.717, 1.165) is 16.9 Å². The van der Waals surface area contributed by atoms with Gasteiger partial charge >= 0.3 is 5.97 Å². The Labute approximate surface area is 137 Å². The summed E-state index contributed by atoms with van der Waals surface area (Å²) in [5.74, 6) is -0.271. The van der Waals surface area contributed by atoms with E-state index in [0.29, 0.717) is 18.4 Å². The van der Waals surface area contributed by atoms with Crippen LogP contribution < -0.4 is 4.74 Å². The number of carboxylic acids is 1. The van der Waals surface area contributed by atoms with Crippen molar-refractivity contribution in [2.75, 3.05) is 7.11 Å². The van der Waals surface area contributed by atoms with E-state index in [1.807, 2.05) is 39.8 Å². The average molecular weight is 318 g/mol. The van der Waals surface area contributed by atoms with Gasteiger partial charge < -0.3 is 9.84 Å². The summed E-state index contributed by atoms with van der Waals surface area (Å²) in [7, 11) is 1.62. The molecule has 1 aliphatic carbocycles. The highest BCUT2D eigenvalue weighted by Gasteiger charge is 2.58. The fourth-order valence-electron chi connectivity index (χ4n) is 3.96. The summed E-state index contributed by atoms with van der Waals surface area (Å²) in [6, 6.07) is 3.70. The van der Waals surface area contributed by atoms with Gasteiger partial charge in [-0.05, 0) is 62.3 Å². The molecule has 1 aromatic carbocycles. The minimum atomic E-state index is -0.871. The fourth-order valence-corrected chi connectivity index (χ4v) is 3.96. The largest absolute Gasteiger partial charge is 0.496 e. The van der Waals surface area contributed by atoms with E-state index >= 15 is 0 Å². The van der Waals surface area contributed by atoms with Crippen LogP contribution in [-0.4, -0.2) is 24.0 Å². The molecule has 0 aliphatic heterocycles. The topological polar surface area (TPSA) is 63.6 Å². The second-order valence-electron chi connectivity index (χ2n) is 7.46. The van der Waals surface area contributed by atoms with Crippen LogP contribution in [0.4, 0.5) is 0 Å². The Morgan fingerprint density at radius 1 is 1.17 bits per heavy atom. The summed E-state index contributed by atoms with van der Waals surface area (Å²) in [5, 5.41) is 9.61. The molecular weight excluding hydrogens is 292 g/mol. The summed E-state index contributed by atoms with van der Waals surface area (Å²) in [6.07, 6.45) is 1.14. The number of rotatable bonds is 4. The van der Waals surface area contributed by atoms with E-state index < -0.39 is 16.8 Å². The van der Waals surface area contributed by atoms with E-state index in [1.54, 1.807) is 14.0 Å². The van der Waals surface area contributed by atoms with Crippen LogP contribution in [0.15, 0.2) is 12.1 Å². The van der Waals surface area contributed by atoms with Crippen LogP contribution in [0.5, 0.6) is 5.75 Å². The molecule has 0 aromatic heterocycles. The Hall–Kier alpha value is -1.84. The molecule has 0 bridgehead atoms. The van der Waals surface area contributed by atoms with E-state index in [1.165, 1.54) is 0 Å². The molecule has 1 saturated carbocycles. The van der Waals surface area contributed by atoms with Gasteiger partial charge in [-0.15, -0.1) is 0 Å². The third-order valence-electron chi connectivity index (χ3n) is 5.96. The van der Waals surface area contributed by atoms with Crippen LogP contribution >= 0.6 is 0 Å². The van der Waals surface area contributed by atoms with Gasteiger partial charge in [0, 0.05) is 11.5 Å². The van der Waals surface area contributed by atoms with Crippen LogP contribution in [0.3, 0.4) is 0 Å². The number of carbonyl (C=O) groups is 2.